The van der Waals surface area contributed by atoms with Crippen LogP contribution in [0.5, 0.6) is 0 Å². The molecule has 3 heterocycles. The fourth-order valence-corrected chi connectivity index (χ4v) is 5.77. The molecule has 7 nitrogen and oxygen atoms in total. The van der Waals surface area contributed by atoms with Crippen molar-refractivity contribution in [2.24, 2.45) is 5.92 Å². The molecule has 1 N–H and O–H groups in total. The SMILES string of the molecule is CN1C(=O)N[C@H](c2ccc(C(C)(C)C)cc2)C2=C1CN(CC(=O)N1CCC(Cc3ccccc3)CC1)C2=O. The Morgan fingerprint density at radius 1 is 0.974 bits per heavy atom. The van der Waals surface area contributed by atoms with Gasteiger partial charge < -0.3 is 15.1 Å². The number of nitrogens with zero attached hydrogens (tertiary/aromatic N) is 3. The Labute approximate surface area is 225 Å². The van der Waals surface area contributed by atoms with Crippen LogP contribution in [0.3, 0.4) is 0 Å². The highest BCUT2D eigenvalue weighted by Crippen LogP contribution is 2.36. The van der Waals surface area contributed by atoms with Crippen LogP contribution in [0.4, 0.5) is 4.79 Å². The molecule has 7 heteroatoms. The van der Waals surface area contributed by atoms with Crippen LogP contribution in [-0.4, -0.2) is 65.8 Å². The molecule has 0 radical (unpaired) electrons. The number of likely N-dealkylation sites (N-methyl/N-ethyl adjacent to an activating group) is 1. The minimum absolute atomic E-state index is 0.00927. The maximum absolute atomic E-state index is 13.6. The minimum Gasteiger partial charge on any atom is -0.341 e. The van der Waals surface area contributed by atoms with Gasteiger partial charge in [0.05, 0.1) is 23.9 Å². The van der Waals surface area contributed by atoms with Crippen LogP contribution in [-0.2, 0) is 21.4 Å². The van der Waals surface area contributed by atoms with E-state index in [1.165, 1.54) is 16.0 Å². The van der Waals surface area contributed by atoms with Gasteiger partial charge in [0, 0.05) is 20.1 Å². The number of nitrogens with one attached hydrogen (secondary N) is 1. The first-order chi connectivity index (χ1) is 18.1. The van der Waals surface area contributed by atoms with Gasteiger partial charge in [0.1, 0.15) is 6.54 Å². The molecule has 3 aliphatic heterocycles. The van der Waals surface area contributed by atoms with Gasteiger partial charge in [-0.2, -0.15) is 0 Å². The lowest BCUT2D eigenvalue weighted by molar-refractivity contribution is -0.138. The first-order valence-electron chi connectivity index (χ1n) is 13.6. The van der Waals surface area contributed by atoms with Gasteiger partial charge in [0.25, 0.3) is 5.91 Å². The molecule has 0 bridgehead atoms. The molecule has 0 saturated carbocycles. The van der Waals surface area contributed by atoms with E-state index >= 15 is 0 Å². The van der Waals surface area contributed by atoms with Gasteiger partial charge in [-0.1, -0.05) is 75.4 Å². The summed E-state index contributed by atoms with van der Waals surface area (Å²) >= 11 is 0. The number of benzene rings is 2. The molecule has 2 aromatic carbocycles. The average Bonchev–Trinajstić information content (AvgIpc) is 3.22. The van der Waals surface area contributed by atoms with Gasteiger partial charge in [-0.15, -0.1) is 0 Å². The highest BCUT2D eigenvalue weighted by Gasteiger charge is 2.43. The summed E-state index contributed by atoms with van der Waals surface area (Å²) in [7, 11) is 1.68. The maximum Gasteiger partial charge on any atom is 0.322 e. The molecule has 1 atom stereocenters. The lowest BCUT2D eigenvalue weighted by atomic mass is 9.85. The number of rotatable bonds is 5. The largest absolute Gasteiger partial charge is 0.341 e. The van der Waals surface area contributed by atoms with E-state index in [0.717, 1.165) is 24.8 Å². The van der Waals surface area contributed by atoms with Crippen molar-refractivity contribution in [3.63, 3.8) is 0 Å². The van der Waals surface area contributed by atoms with Gasteiger partial charge in [0.15, 0.2) is 0 Å². The van der Waals surface area contributed by atoms with E-state index in [4.69, 9.17) is 0 Å². The summed E-state index contributed by atoms with van der Waals surface area (Å²) in [6.07, 6.45) is 2.98. The molecule has 1 saturated heterocycles. The summed E-state index contributed by atoms with van der Waals surface area (Å²) in [6, 6.07) is 17.8. The molecule has 200 valence electrons. The summed E-state index contributed by atoms with van der Waals surface area (Å²) in [6.45, 7) is 8.20. The van der Waals surface area contributed by atoms with Crippen molar-refractivity contribution in [1.29, 1.82) is 0 Å². The zero-order valence-electron chi connectivity index (χ0n) is 22.9. The van der Waals surface area contributed by atoms with Crippen molar-refractivity contribution in [3.8, 4) is 0 Å². The fourth-order valence-electron chi connectivity index (χ4n) is 5.77. The number of piperidine rings is 1. The average molecular weight is 515 g/mol. The van der Waals surface area contributed by atoms with E-state index < -0.39 is 6.04 Å². The molecule has 0 aromatic heterocycles. The summed E-state index contributed by atoms with van der Waals surface area (Å²) in [4.78, 5) is 44.6. The minimum atomic E-state index is -0.524. The van der Waals surface area contributed by atoms with Gasteiger partial charge in [-0.05, 0) is 47.3 Å². The van der Waals surface area contributed by atoms with E-state index in [0.29, 0.717) is 30.3 Å². The third-order valence-corrected chi connectivity index (χ3v) is 8.21. The van der Waals surface area contributed by atoms with Gasteiger partial charge in [0.2, 0.25) is 5.91 Å². The summed E-state index contributed by atoms with van der Waals surface area (Å²) in [5, 5.41) is 2.99. The number of carbonyl (C=O) groups is 3. The first-order valence-corrected chi connectivity index (χ1v) is 13.6. The molecule has 3 aliphatic rings. The number of hydrogen-bond donors (Lipinski definition) is 1. The highest BCUT2D eigenvalue weighted by molar-refractivity contribution is 6.02. The Balaban J connectivity index is 1.24. The predicted molar refractivity (Wildman–Crippen MR) is 147 cm³/mol. The second-order valence-electron chi connectivity index (χ2n) is 11.8. The molecule has 38 heavy (non-hydrogen) atoms. The van der Waals surface area contributed by atoms with Crippen molar-refractivity contribution in [3.05, 3.63) is 82.6 Å². The first kappa shape index (κ1) is 26.0. The van der Waals surface area contributed by atoms with Crippen LogP contribution in [0.2, 0.25) is 0 Å². The second kappa shape index (κ2) is 10.3. The number of carbonyl (C=O) groups excluding carboxylic acids is 3. The fraction of sp³-hybridized carbons (Fsp3) is 0.452. The number of likely N-dealkylation sites (tertiary alicyclic amines) is 1. The Bertz CT molecular complexity index is 1240. The number of hydrogen-bond acceptors (Lipinski definition) is 3. The molecule has 1 fully saturated rings. The van der Waals surface area contributed by atoms with Gasteiger partial charge in [-0.25, -0.2) is 4.79 Å². The molecular weight excluding hydrogens is 476 g/mol. The zero-order valence-corrected chi connectivity index (χ0v) is 22.9. The van der Waals surface area contributed by atoms with Gasteiger partial charge in [-0.3, -0.25) is 14.5 Å². The Morgan fingerprint density at radius 2 is 1.63 bits per heavy atom. The molecule has 0 spiro atoms. The third-order valence-electron chi connectivity index (χ3n) is 8.21. The standard InChI is InChI=1S/C31H38N4O3/c1-31(2,3)24-12-10-23(11-13-24)28-27-25(33(4)30(38)32-28)19-35(29(27)37)20-26(36)34-16-14-22(15-17-34)18-21-8-6-5-7-9-21/h5-13,22,28H,14-20H2,1-4H3,(H,32,38)/t28-/m1/s1. The molecule has 0 unspecified atom stereocenters. The van der Waals surface area contributed by atoms with Crippen LogP contribution >= 0.6 is 0 Å². The van der Waals surface area contributed by atoms with E-state index in [1.54, 1.807) is 11.9 Å². The van der Waals surface area contributed by atoms with Gasteiger partial charge >= 0.3 is 6.03 Å². The van der Waals surface area contributed by atoms with E-state index in [2.05, 4.69) is 62.5 Å². The molecule has 0 aliphatic carbocycles. The maximum atomic E-state index is 13.6. The molecule has 4 amide bonds. The normalized spacial score (nSPS) is 20.6. The number of urea groups is 1. The van der Waals surface area contributed by atoms with Crippen LogP contribution in [0.25, 0.3) is 0 Å². The lowest BCUT2D eigenvalue weighted by Crippen LogP contribution is -2.45. The molecular formula is C31H38N4O3. The summed E-state index contributed by atoms with van der Waals surface area (Å²) in [5.74, 6) is 0.369. The Morgan fingerprint density at radius 3 is 2.26 bits per heavy atom. The molecule has 5 rings (SSSR count). The van der Waals surface area contributed by atoms with Crippen LogP contribution in [0.1, 0.15) is 56.3 Å². The van der Waals surface area contributed by atoms with Crippen molar-refractivity contribution in [2.75, 3.05) is 33.2 Å². The van der Waals surface area contributed by atoms with Crippen LogP contribution in [0, 0.1) is 5.92 Å². The third kappa shape index (κ3) is 5.19. The Kier molecular flexibility index (Phi) is 7.03. The lowest BCUT2D eigenvalue weighted by Gasteiger charge is -2.33. The molecule has 2 aromatic rings. The predicted octanol–water partition coefficient (Wildman–Crippen LogP) is 4.26. The van der Waals surface area contributed by atoms with Crippen LogP contribution < -0.4 is 5.32 Å². The van der Waals surface area contributed by atoms with Crippen LogP contribution in [0.15, 0.2) is 65.9 Å². The second-order valence-corrected chi connectivity index (χ2v) is 11.8. The topological polar surface area (TPSA) is 73.0 Å². The van der Waals surface area contributed by atoms with E-state index in [9.17, 15) is 14.4 Å². The van der Waals surface area contributed by atoms with E-state index in [-0.39, 0.29) is 36.3 Å². The quantitative estimate of drug-likeness (QED) is 0.648. The van der Waals surface area contributed by atoms with Crippen molar-refractivity contribution >= 4 is 17.8 Å². The van der Waals surface area contributed by atoms with E-state index in [1.807, 2.05) is 23.1 Å². The number of amides is 4. The highest BCUT2D eigenvalue weighted by atomic mass is 16.2. The van der Waals surface area contributed by atoms with Crippen molar-refractivity contribution in [1.82, 2.24) is 20.0 Å². The summed E-state index contributed by atoms with van der Waals surface area (Å²) in [5.41, 5.74) is 4.64. The Hall–Kier alpha value is -3.61. The summed E-state index contributed by atoms with van der Waals surface area (Å²) < 4.78 is 0. The monoisotopic (exact) mass is 514 g/mol. The van der Waals surface area contributed by atoms with Crippen molar-refractivity contribution in [2.45, 2.75) is 51.5 Å². The van der Waals surface area contributed by atoms with Crippen molar-refractivity contribution < 1.29 is 14.4 Å². The zero-order chi connectivity index (χ0) is 27.0. The smallest absolute Gasteiger partial charge is 0.322 e.